The van der Waals surface area contributed by atoms with Crippen molar-refractivity contribution in [2.75, 3.05) is 26.4 Å². The Morgan fingerprint density at radius 3 is 2.45 bits per heavy atom. The molecular formula is C25H32N7O+. The van der Waals surface area contributed by atoms with Gasteiger partial charge in [-0.1, -0.05) is 24.3 Å². The summed E-state index contributed by atoms with van der Waals surface area (Å²) in [6.07, 6.45) is 10.9. The molecule has 1 saturated carbocycles. The minimum Gasteiger partial charge on any atom is -0.593 e. The number of nitrogens with zero attached hydrogens (tertiary/aromatic N) is 5. The lowest BCUT2D eigenvalue weighted by Crippen LogP contribution is -2.33. The molecule has 0 aliphatic heterocycles. The third-order valence-electron chi connectivity index (χ3n) is 6.45. The first kappa shape index (κ1) is 22.7. The molecule has 1 aliphatic rings. The molecular weight excluding hydrogens is 414 g/mol. The fourth-order valence-corrected chi connectivity index (χ4v) is 4.07. The van der Waals surface area contributed by atoms with Crippen LogP contribution in [0.15, 0.2) is 55.1 Å². The topological polar surface area (TPSA) is 120 Å². The number of anilines is 1. The molecule has 3 aromatic rings. The van der Waals surface area contributed by atoms with Crippen molar-refractivity contribution in [3.8, 4) is 11.1 Å². The number of nitrogens with two attached hydrogens (primary N) is 1. The van der Waals surface area contributed by atoms with Gasteiger partial charge in [-0.2, -0.15) is 5.10 Å². The van der Waals surface area contributed by atoms with Crippen molar-refractivity contribution in [1.82, 2.24) is 24.6 Å². The molecule has 1 aliphatic carbocycles. The van der Waals surface area contributed by atoms with Gasteiger partial charge in [0.15, 0.2) is 0 Å². The Labute approximate surface area is 194 Å². The summed E-state index contributed by atoms with van der Waals surface area (Å²) in [5, 5.41) is 21.9. The van der Waals surface area contributed by atoms with Gasteiger partial charge in [-0.15, -0.1) is 0 Å². The number of nitrogens with one attached hydrogen (secondary N) is 1. The highest BCUT2D eigenvalue weighted by atomic mass is 16.3. The first-order chi connectivity index (χ1) is 15.8. The SMILES string of the molecule is CN(C)CCn1cc(/C([OH2+])=C/C(=N)[C@](C)(c2ccc(-c3cnc(N)nc3)cc2)C2CC2)cn1. The van der Waals surface area contributed by atoms with Crippen LogP contribution in [0.1, 0.15) is 30.9 Å². The fraction of sp³-hybridized carbons (Fsp3) is 0.360. The van der Waals surface area contributed by atoms with Crippen LogP contribution in [0.5, 0.6) is 0 Å². The van der Waals surface area contributed by atoms with Crippen molar-refractivity contribution in [2.24, 2.45) is 5.92 Å². The monoisotopic (exact) mass is 446 g/mol. The first-order valence-electron chi connectivity index (χ1n) is 11.2. The van der Waals surface area contributed by atoms with Crippen molar-refractivity contribution in [3.05, 3.63) is 66.3 Å². The molecule has 1 fully saturated rings. The number of benzene rings is 1. The second-order valence-corrected chi connectivity index (χ2v) is 9.15. The van der Waals surface area contributed by atoms with Crippen LogP contribution in [0, 0.1) is 11.3 Å². The van der Waals surface area contributed by atoms with E-state index < -0.39 is 5.41 Å². The number of rotatable bonds is 9. The van der Waals surface area contributed by atoms with E-state index in [0.717, 1.165) is 48.2 Å². The summed E-state index contributed by atoms with van der Waals surface area (Å²) in [5.41, 5.74) is 9.33. The number of hydrogen-bond donors (Lipinski definition) is 2. The molecule has 2 heterocycles. The Balaban J connectivity index is 1.56. The van der Waals surface area contributed by atoms with Gasteiger partial charge in [0.25, 0.3) is 5.76 Å². The largest absolute Gasteiger partial charge is 0.593 e. The van der Waals surface area contributed by atoms with Crippen LogP contribution in [-0.4, -0.2) is 56.1 Å². The molecule has 8 heteroatoms. The molecule has 8 nitrogen and oxygen atoms in total. The van der Waals surface area contributed by atoms with Crippen LogP contribution in [0.4, 0.5) is 5.95 Å². The van der Waals surface area contributed by atoms with Crippen LogP contribution in [-0.2, 0) is 12.0 Å². The maximum absolute atomic E-state index is 8.95. The summed E-state index contributed by atoms with van der Waals surface area (Å²) in [6.45, 7) is 3.77. The smallest absolute Gasteiger partial charge is 0.266 e. The third kappa shape index (κ3) is 4.96. The summed E-state index contributed by atoms with van der Waals surface area (Å²) < 4.78 is 1.85. The Morgan fingerprint density at radius 2 is 1.85 bits per heavy atom. The van der Waals surface area contributed by atoms with E-state index in [9.17, 15) is 0 Å². The third-order valence-corrected chi connectivity index (χ3v) is 6.45. The Kier molecular flexibility index (Phi) is 6.29. The summed E-state index contributed by atoms with van der Waals surface area (Å²) in [6, 6.07) is 8.24. The van der Waals surface area contributed by atoms with Gasteiger partial charge < -0.3 is 21.1 Å². The lowest BCUT2D eigenvalue weighted by atomic mass is 9.73. The van der Waals surface area contributed by atoms with Gasteiger partial charge in [0.2, 0.25) is 5.95 Å². The minimum absolute atomic E-state index is 0.256. The highest BCUT2D eigenvalue weighted by Crippen LogP contribution is 2.48. The molecule has 0 amide bonds. The quantitative estimate of drug-likeness (QED) is 0.297. The molecule has 33 heavy (non-hydrogen) atoms. The minimum atomic E-state index is -0.441. The van der Waals surface area contributed by atoms with Crippen molar-refractivity contribution in [2.45, 2.75) is 31.7 Å². The predicted molar refractivity (Wildman–Crippen MR) is 132 cm³/mol. The van der Waals surface area contributed by atoms with Gasteiger partial charge in [0, 0.05) is 36.1 Å². The molecule has 5 N–H and O–H groups in total. The van der Waals surface area contributed by atoms with Crippen LogP contribution < -0.4 is 5.73 Å². The molecule has 1 atom stereocenters. The van der Waals surface area contributed by atoms with Crippen LogP contribution in [0.3, 0.4) is 0 Å². The molecule has 172 valence electrons. The molecule has 0 radical (unpaired) electrons. The van der Waals surface area contributed by atoms with E-state index in [-0.39, 0.29) is 5.95 Å². The maximum atomic E-state index is 8.95. The summed E-state index contributed by atoms with van der Waals surface area (Å²) in [7, 11) is 4.05. The summed E-state index contributed by atoms with van der Waals surface area (Å²) in [5.74, 6) is 0.979. The highest BCUT2D eigenvalue weighted by molar-refractivity contribution is 6.05. The van der Waals surface area contributed by atoms with E-state index in [1.807, 2.05) is 37.1 Å². The predicted octanol–water partition coefficient (Wildman–Crippen LogP) is 2.94. The zero-order valence-corrected chi connectivity index (χ0v) is 19.4. The number of aromatic nitrogens is 4. The van der Waals surface area contributed by atoms with Gasteiger partial charge in [0.1, 0.15) is 5.56 Å². The van der Waals surface area contributed by atoms with E-state index in [0.29, 0.717) is 17.4 Å². The van der Waals surface area contributed by atoms with Gasteiger partial charge in [0.05, 0.1) is 24.5 Å². The summed E-state index contributed by atoms with van der Waals surface area (Å²) in [4.78, 5) is 10.2. The molecule has 1 aromatic carbocycles. The maximum Gasteiger partial charge on any atom is 0.266 e. The van der Waals surface area contributed by atoms with E-state index in [1.54, 1.807) is 24.7 Å². The van der Waals surface area contributed by atoms with Gasteiger partial charge in [-0.3, -0.25) is 4.68 Å². The fourth-order valence-electron chi connectivity index (χ4n) is 4.07. The highest BCUT2D eigenvalue weighted by Gasteiger charge is 2.45. The van der Waals surface area contributed by atoms with Crippen molar-refractivity contribution >= 4 is 17.4 Å². The zero-order valence-electron chi connectivity index (χ0n) is 19.4. The average molecular weight is 447 g/mol. The number of allylic oxidation sites excluding steroid dienone is 1. The zero-order chi connectivity index (χ0) is 23.6. The van der Waals surface area contributed by atoms with Crippen LogP contribution >= 0.6 is 0 Å². The summed E-state index contributed by atoms with van der Waals surface area (Å²) >= 11 is 0. The molecule has 0 unspecified atom stereocenters. The van der Waals surface area contributed by atoms with E-state index >= 15 is 0 Å². The molecule has 4 rings (SSSR count). The van der Waals surface area contributed by atoms with Gasteiger partial charge in [-0.05, 0) is 50.9 Å². The van der Waals surface area contributed by atoms with E-state index in [4.69, 9.17) is 16.2 Å². The van der Waals surface area contributed by atoms with Crippen molar-refractivity contribution < 1.29 is 5.11 Å². The van der Waals surface area contributed by atoms with Crippen LogP contribution in [0.2, 0.25) is 0 Å². The number of hydrogen-bond acceptors (Lipinski definition) is 6. The lowest BCUT2D eigenvalue weighted by Gasteiger charge is -2.30. The van der Waals surface area contributed by atoms with E-state index in [2.05, 4.69) is 39.0 Å². The Bertz CT molecular complexity index is 1140. The molecule has 2 aromatic heterocycles. The van der Waals surface area contributed by atoms with Gasteiger partial charge in [-0.25, -0.2) is 9.97 Å². The number of nitrogen functional groups attached to an aromatic ring is 1. The van der Waals surface area contributed by atoms with Crippen LogP contribution in [0.25, 0.3) is 16.9 Å². The van der Waals surface area contributed by atoms with Crippen molar-refractivity contribution in [3.63, 3.8) is 0 Å². The Morgan fingerprint density at radius 1 is 1.18 bits per heavy atom. The Hall–Kier alpha value is -3.52. The van der Waals surface area contributed by atoms with E-state index in [1.165, 1.54) is 0 Å². The standard InChI is InChI=1S/C25H31N7O/c1-25(21-8-9-21,20-6-4-17(5-7-20)18-13-28-24(27)29-14-18)23(26)12-22(33)19-15-30-32(16-19)11-10-31(2)3/h4-7,12-16,21,26,33H,8-11H2,1-3H3,(H2,27,28,29)/p+1/b22-12-,26-23?/t25-/m1/s1. The van der Waals surface area contributed by atoms with Crippen molar-refractivity contribution in [1.29, 1.82) is 5.41 Å². The van der Waals surface area contributed by atoms with Gasteiger partial charge >= 0.3 is 0 Å². The number of likely N-dealkylation sites (N-methyl/N-ethyl adjacent to an activating group) is 1. The molecule has 0 bridgehead atoms. The normalized spacial score (nSPS) is 16.1. The molecule has 0 spiro atoms. The second-order valence-electron chi connectivity index (χ2n) is 9.15. The first-order valence-corrected chi connectivity index (χ1v) is 11.2. The average Bonchev–Trinajstić information content (AvgIpc) is 3.55. The lowest BCUT2D eigenvalue weighted by molar-refractivity contribution is 0.373. The second kappa shape index (κ2) is 9.15. The molecule has 0 saturated heterocycles.